The normalized spacial score (nSPS) is 10.7. The van der Waals surface area contributed by atoms with Gasteiger partial charge in [-0.2, -0.15) is 4.80 Å². The van der Waals surface area contributed by atoms with E-state index < -0.39 is 0 Å². The molecule has 31 heavy (non-hydrogen) atoms. The van der Waals surface area contributed by atoms with Crippen molar-refractivity contribution in [2.24, 2.45) is 0 Å². The van der Waals surface area contributed by atoms with E-state index in [0.717, 1.165) is 5.56 Å². The van der Waals surface area contributed by atoms with E-state index in [1.54, 1.807) is 42.5 Å². The van der Waals surface area contributed by atoms with Crippen molar-refractivity contribution in [1.29, 1.82) is 0 Å². The Hall–Kier alpha value is -3.85. The smallest absolute Gasteiger partial charge is 0.257 e. The molecule has 0 bridgehead atoms. The predicted molar refractivity (Wildman–Crippen MR) is 120 cm³/mol. The lowest BCUT2D eigenvalue weighted by atomic mass is 10.2. The summed E-state index contributed by atoms with van der Waals surface area (Å²) in [5.74, 6) is -0.0956. The third-order valence-electron chi connectivity index (χ3n) is 4.59. The summed E-state index contributed by atoms with van der Waals surface area (Å²) in [5.41, 5.74) is 3.94. The number of aryl methyl sites for hydroxylation is 1. The zero-order valence-electron chi connectivity index (χ0n) is 16.7. The number of halogens is 1. The SMILES string of the molecule is COc1cccc(C(=O)NC(=S)Nc2cc3nn(-c4ccc(F)cc4)nc3cc2C)c1. The Labute approximate surface area is 182 Å². The highest BCUT2D eigenvalue weighted by Crippen LogP contribution is 2.22. The highest BCUT2D eigenvalue weighted by Gasteiger charge is 2.12. The number of aromatic nitrogens is 3. The Morgan fingerprint density at radius 2 is 1.77 bits per heavy atom. The number of methoxy groups -OCH3 is 1. The molecule has 0 atom stereocenters. The van der Waals surface area contributed by atoms with Gasteiger partial charge in [-0.15, -0.1) is 10.2 Å². The largest absolute Gasteiger partial charge is 0.497 e. The minimum atomic E-state index is -0.350. The Morgan fingerprint density at radius 1 is 1.06 bits per heavy atom. The number of benzene rings is 3. The lowest BCUT2D eigenvalue weighted by Gasteiger charge is -2.12. The Morgan fingerprint density at radius 3 is 2.48 bits per heavy atom. The summed E-state index contributed by atoms with van der Waals surface area (Å²) in [6.07, 6.45) is 0. The zero-order chi connectivity index (χ0) is 22.0. The minimum Gasteiger partial charge on any atom is -0.497 e. The van der Waals surface area contributed by atoms with Gasteiger partial charge in [-0.1, -0.05) is 6.07 Å². The average Bonchev–Trinajstić information content (AvgIpc) is 3.17. The van der Waals surface area contributed by atoms with E-state index in [1.165, 1.54) is 24.0 Å². The standard InChI is InChI=1S/C22H18FN5O2S/c1-13-10-19-20(27-28(26-19)16-8-6-15(23)7-9-16)12-18(13)24-22(31)25-21(29)14-4-3-5-17(11-14)30-2/h3-12H,1-2H3,(H2,24,25,29,31). The van der Waals surface area contributed by atoms with Crippen molar-refractivity contribution in [3.05, 3.63) is 77.6 Å². The van der Waals surface area contributed by atoms with Crippen molar-refractivity contribution < 1.29 is 13.9 Å². The maximum atomic E-state index is 13.2. The van der Waals surface area contributed by atoms with Crippen LogP contribution in [0.3, 0.4) is 0 Å². The van der Waals surface area contributed by atoms with E-state index in [1.807, 2.05) is 13.0 Å². The third-order valence-corrected chi connectivity index (χ3v) is 4.80. The topological polar surface area (TPSA) is 81.1 Å². The number of nitrogens with zero attached hydrogens (tertiary/aromatic N) is 3. The number of hydrogen-bond donors (Lipinski definition) is 2. The van der Waals surface area contributed by atoms with E-state index in [0.29, 0.717) is 33.7 Å². The Balaban J connectivity index is 1.52. The van der Waals surface area contributed by atoms with Crippen molar-refractivity contribution in [2.45, 2.75) is 6.92 Å². The molecule has 0 aliphatic carbocycles. The van der Waals surface area contributed by atoms with E-state index in [4.69, 9.17) is 17.0 Å². The van der Waals surface area contributed by atoms with Gasteiger partial charge in [0.25, 0.3) is 5.91 Å². The van der Waals surface area contributed by atoms with Gasteiger partial charge in [-0.05, 0) is 79.3 Å². The van der Waals surface area contributed by atoms with Crippen LogP contribution in [0.25, 0.3) is 16.7 Å². The molecule has 1 heterocycles. The van der Waals surface area contributed by atoms with Crippen molar-refractivity contribution in [1.82, 2.24) is 20.3 Å². The zero-order valence-corrected chi connectivity index (χ0v) is 17.5. The van der Waals surface area contributed by atoms with Crippen LogP contribution in [0.2, 0.25) is 0 Å². The summed E-state index contributed by atoms with van der Waals surface area (Å²) in [7, 11) is 1.54. The van der Waals surface area contributed by atoms with Crippen LogP contribution in [0, 0.1) is 12.7 Å². The number of carbonyl (C=O) groups excluding carboxylic acids is 1. The van der Waals surface area contributed by atoms with Crippen molar-refractivity contribution >= 4 is 40.0 Å². The number of thiocarbonyl (C=S) groups is 1. The lowest BCUT2D eigenvalue weighted by Crippen LogP contribution is -2.34. The number of nitrogens with one attached hydrogen (secondary N) is 2. The van der Waals surface area contributed by atoms with Gasteiger partial charge >= 0.3 is 0 Å². The molecule has 0 fully saturated rings. The van der Waals surface area contributed by atoms with Crippen LogP contribution in [0.5, 0.6) is 5.75 Å². The highest BCUT2D eigenvalue weighted by atomic mass is 32.1. The summed E-state index contributed by atoms with van der Waals surface area (Å²) in [5, 5.41) is 14.7. The molecule has 0 saturated carbocycles. The Bertz CT molecular complexity index is 1290. The van der Waals surface area contributed by atoms with Crippen molar-refractivity contribution in [3.63, 3.8) is 0 Å². The van der Waals surface area contributed by atoms with Gasteiger partial charge in [0, 0.05) is 11.3 Å². The van der Waals surface area contributed by atoms with E-state index in [9.17, 15) is 9.18 Å². The molecule has 0 aliphatic rings. The molecular weight excluding hydrogens is 417 g/mol. The molecule has 3 aromatic carbocycles. The summed E-state index contributed by atoms with van der Waals surface area (Å²) in [6.45, 7) is 1.89. The summed E-state index contributed by atoms with van der Waals surface area (Å²) in [4.78, 5) is 13.9. The van der Waals surface area contributed by atoms with Gasteiger partial charge in [0.15, 0.2) is 5.11 Å². The summed E-state index contributed by atoms with van der Waals surface area (Å²) < 4.78 is 18.3. The molecule has 1 amide bonds. The number of hydrogen-bond acceptors (Lipinski definition) is 5. The maximum Gasteiger partial charge on any atom is 0.257 e. The molecule has 9 heteroatoms. The monoisotopic (exact) mass is 435 g/mol. The van der Waals surface area contributed by atoms with Gasteiger partial charge in [0.1, 0.15) is 22.6 Å². The molecule has 0 aliphatic heterocycles. The van der Waals surface area contributed by atoms with Gasteiger partial charge in [0.05, 0.1) is 12.8 Å². The van der Waals surface area contributed by atoms with E-state index >= 15 is 0 Å². The predicted octanol–water partition coefficient (Wildman–Crippen LogP) is 4.00. The van der Waals surface area contributed by atoms with Crippen LogP contribution in [0.4, 0.5) is 10.1 Å². The second-order valence-electron chi connectivity index (χ2n) is 6.76. The van der Waals surface area contributed by atoms with Crippen LogP contribution in [0.15, 0.2) is 60.7 Å². The minimum absolute atomic E-state index is 0.154. The molecule has 4 aromatic rings. The van der Waals surface area contributed by atoms with Crippen molar-refractivity contribution in [2.75, 3.05) is 12.4 Å². The molecule has 156 valence electrons. The first kappa shape index (κ1) is 20.4. The molecule has 7 nitrogen and oxygen atoms in total. The van der Waals surface area contributed by atoms with Crippen LogP contribution in [0.1, 0.15) is 15.9 Å². The molecular formula is C22H18FN5O2S. The second-order valence-corrected chi connectivity index (χ2v) is 7.17. The number of rotatable bonds is 4. The van der Waals surface area contributed by atoms with E-state index in [-0.39, 0.29) is 16.8 Å². The first-order valence-electron chi connectivity index (χ1n) is 9.33. The Kier molecular flexibility index (Phi) is 5.59. The fraction of sp³-hybridized carbons (Fsp3) is 0.0909. The fourth-order valence-corrected chi connectivity index (χ4v) is 3.19. The summed E-state index contributed by atoms with van der Waals surface area (Å²) >= 11 is 5.30. The fourth-order valence-electron chi connectivity index (χ4n) is 2.99. The quantitative estimate of drug-likeness (QED) is 0.472. The number of amides is 1. The van der Waals surface area contributed by atoms with Crippen LogP contribution in [-0.4, -0.2) is 33.1 Å². The maximum absolute atomic E-state index is 13.2. The molecule has 0 spiro atoms. The van der Waals surface area contributed by atoms with Crippen molar-refractivity contribution in [3.8, 4) is 11.4 Å². The van der Waals surface area contributed by atoms with Gasteiger partial charge < -0.3 is 10.1 Å². The van der Waals surface area contributed by atoms with Gasteiger partial charge in [0.2, 0.25) is 0 Å². The molecule has 0 radical (unpaired) electrons. The summed E-state index contributed by atoms with van der Waals surface area (Å²) in [6, 6.07) is 16.3. The molecule has 4 rings (SSSR count). The third kappa shape index (κ3) is 4.51. The number of carbonyl (C=O) groups is 1. The first-order valence-corrected chi connectivity index (χ1v) is 9.74. The molecule has 1 aromatic heterocycles. The average molecular weight is 435 g/mol. The van der Waals surface area contributed by atoms with Gasteiger partial charge in [-0.25, -0.2) is 4.39 Å². The number of ether oxygens (including phenoxy) is 1. The molecule has 0 unspecified atom stereocenters. The highest BCUT2D eigenvalue weighted by molar-refractivity contribution is 7.80. The van der Waals surface area contributed by atoms with Crippen LogP contribution in [-0.2, 0) is 0 Å². The molecule has 2 N–H and O–H groups in total. The first-order chi connectivity index (χ1) is 14.9. The number of anilines is 1. The van der Waals surface area contributed by atoms with Gasteiger partial charge in [-0.3, -0.25) is 10.1 Å². The van der Waals surface area contributed by atoms with Crippen LogP contribution < -0.4 is 15.4 Å². The number of fused-ring (bicyclic) bond motifs is 1. The second kappa shape index (κ2) is 8.49. The van der Waals surface area contributed by atoms with Crippen LogP contribution >= 0.6 is 12.2 Å². The molecule has 0 saturated heterocycles. The van der Waals surface area contributed by atoms with E-state index in [2.05, 4.69) is 20.8 Å². The lowest BCUT2D eigenvalue weighted by molar-refractivity contribution is 0.0977.